The average molecular weight is 284 g/mol. The third-order valence-electron chi connectivity index (χ3n) is 2.58. The molecule has 3 N–H and O–H groups in total. The molecule has 0 unspecified atom stereocenters. The van der Waals surface area contributed by atoms with Crippen molar-refractivity contribution in [2.24, 2.45) is 5.84 Å². The summed E-state index contributed by atoms with van der Waals surface area (Å²) in [6, 6.07) is 0.491. The Bertz CT molecular complexity index is 402. The topological polar surface area (TPSA) is 98.4 Å². The molecule has 0 aliphatic carbocycles. The summed E-state index contributed by atoms with van der Waals surface area (Å²) in [4.78, 5) is 14.7. The number of hydrogen-bond donors (Lipinski definition) is 2. The second-order valence-corrected chi connectivity index (χ2v) is 4.51. The van der Waals surface area contributed by atoms with Crippen LogP contribution in [0.25, 0.3) is 0 Å². The number of nitrogen functional groups attached to an aromatic ring is 1. The molecule has 1 rings (SSSR count). The van der Waals surface area contributed by atoms with E-state index in [-0.39, 0.29) is 18.0 Å². The molecular weight excluding hydrogens is 260 g/mol. The molecule has 1 aromatic heterocycles. The summed E-state index contributed by atoms with van der Waals surface area (Å²) in [6.45, 7) is 7.94. The van der Waals surface area contributed by atoms with E-state index in [0.717, 1.165) is 6.42 Å². The van der Waals surface area contributed by atoms with Crippen LogP contribution >= 0.6 is 0 Å². The number of ether oxygens (including phenoxy) is 2. The molecule has 0 bridgehead atoms. The first kappa shape index (κ1) is 16.4. The van der Waals surface area contributed by atoms with Crippen molar-refractivity contribution in [2.75, 3.05) is 37.2 Å². The highest BCUT2D eigenvalue weighted by molar-refractivity contribution is 5.38. The molecule has 0 amide bonds. The van der Waals surface area contributed by atoms with Crippen LogP contribution in [0.5, 0.6) is 6.01 Å². The van der Waals surface area contributed by atoms with Gasteiger partial charge in [0.2, 0.25) is 11.9 Å². The summed E-state index contributed by atoms with van der Waals surface area (Å²) in [5, 5.41) is 0. The van der Waals surface area contributed by atoms with Crippen LogP contribution in [0.15, 0.2) is 0 Å². The van der Waals surface area contributed by atoms with Gasteiger partial charge in [-0.1, -0.05) is 6.92 Å². The van der Waals surface area contributed by atoms with Gasteiger partial charge < -0.3 is 14.4 Å². The molecule has 20 heavy (non-hydrogen) atoms. The molecule has 8 heteroatoms. The minimum atomic E-state index is 0.220. The van der Waals surface area contributed by atoms with Gasteiger partial charge in [0, 0.05) is 19.7 Å². The zero-order chi connectivity index (χ0) is 15.0. The molecule has 0 saturated heterocycles. The smallest absolute Gasteiger partial charge is 0.323 e. The molecule has 0 radical (unpaired) electrons. The predicted molar refractivity (Wildman–Crippen MR) is 77.8 cm³/mol. The standard InChI is InChI=1S/C12H24N6O2/c1-5-7-20-12-15-10(17-13)14-11(16-12)18(9(2)3)6-8-19-4/h9H,5-8,13H2,1-4H3,(H,14,15,16,17). The third-order valence-corrected chi connectivity index (χ3v) is 2.58. The summed E-state index contributed by atoms with van der Waals surface area (Å²) >= 11 is 0. The second-order valence-electron chi connectivity index (χ2n) is 4.51. The summed E-state index contributed by atoms with van der Waals surface area (Å²) in [5.74, 6) is 6.19. The lowest BCUT2D eigenvalue weighted by Gasteiger charge is -2.26. The average Bonchev–Trinajstić information content (AvgIpc) is 2.45. The van der Waals surface area contributed by atoms with Crippen molar-refractivity contribution < 1.29 is 9.47 Å². The van der Waals surface area contributed by atoms with Crippen molar-refractivity contribution in [1.82, 2.24) is 15.0 Å². The molecule has 0 aromatic carbocycles. The van der Waals surface area contributed by atoms with Crippen LogP contribution in [-0.4, -0.2) is 47.9 Å². The van der Waals surface area contributed by atoms with Crippen molar-refractivity contribution in [3.63, 3.8) is 0 Å². The van der Waals surface area contributed by atoms with Gasteiger partial charge in [-0.15, -0.1) is 0 Å². The number of nitrogens with two attached hydrogens (primary N) is 1. The van der Waals surface area contributed by atoms with E-state index in [0.29, 0.717) is 25.7 Å². The van der Waals surface area contributed by atoms with E-state index >= 15 is 0 Å². The number of aromatic nitrogens is 3. The van der Waals surface area contributed by atoms with Crippen LogP contribution in [0.2, 0.25) is 0 Å². The molecule has 0 atom stereocenters. The van der Waals surface area contributed by atoms with Gasteiger partial charge in [-0.25, -0.2) is 5.84 Å². The summed E-state index contributed by atoms with van der Waals surface area (Å²) in [7, 11) is 1.66. The Kier molecular flexibility index (Phi) is 6.96. The van der Waals surface area contributed by atoms with E-state index in [1.807, 2.05) is 11.8 Å². The number of nitrogens with one attached hydrogen (secondary N) is 1. The lowest BCUT2D eigenvalue weighted by Crippen LogP contribution is -2.35. The first-order valence-electron chi connectivity index (χ1n) is 6.73. The normalized spacial score (nSPS) is 10.7. The summed E-state index contributed by atoms with van der Waals surface area (Å²) in [5.41, 5.74) is 2.43. The highest BCUT2D eigenvalue weighted by atomic mass is 16.5. The van der Waals surface area contributed by atoms with Gasteiger partial charge in [0.25, 0.3) is 0 Å². The maximum absolute atomic E-state index is 5.46. The lowest BCUT2D eigenvalue weighted by molar-refractivity contribution is 0.203. The number of hydrazine groups is 1. The van der Waals surface area contributed by atoms with E-state index in [9.17, 15) is 0 Å². The molecule has 0 aliphatic rings. The molecule has 1 heterocycles. The Morgan fingerprint density at radius 3 is 2.55 bits per heavy atom. The highest BCUT2D eigenvalue weighted by Crippen LogP contribution is 2.16. The third kappa shape index (κ3) is 4.78. The second kappa shape index (κ2) is 8.49. The fourth-order valence-corrected chi connectivity index (χ4v) is 1.58. The fourth-order valence-electron chi connectivity index (χ4n) is 1.58. The van der Waals surface area contributed by atoms with Crippen molar-refractivity contribution in [3.8, 4) is 6.01 Å². The SMILES string of the molecule is CCCOc1nc(NN)nc(N(CCOC)C(C)C)n1. The molecule has 0 spiro atoms. The predicted octanol–water partition coefficient (Wildman–Crippen LogP) is 0.807. The molecule has 0 fully saturated rings. The van der Waals surface area contributed by atoms with Crippen LogP contribution in [-0.2, 0) is 4.74 Å². The van der Waals surface area contributed by atoms with E-state index < -0.39 is 0 Å². The van der Waals surface area contributed by atoms with Gasteiger partial charge >= 0.3 is 6.01 Å². The van der Waals surface area contributed by atoms with Crippen molar-refractivity contribution >= 4 is 11.9 Å². The monoisotopic (exact) mass is 284 g/mol. The number of anilines is 2. The van der Waals surface area contributed by atoms with Crippen LogP contribution in [0.4, 0.5) is 11.9 Å². The van der Waals surface area contributed by atoms with Gasteiger partial charge in [-0.3, -0.25) is 5.43 Å². The molecule has 0 saturated carbocycles. The first-order chi connectivity index (χ1) is 9.62. The van der Waals surface area contributed by atoms with Crippen LogP contribution in [0, 0.1) is 0 Å². The van der Waals surface area contributed by atoms with Gasteiger partial charge in [0.1, 0.15) is 0 Å². The fraction of sp³-hybridized carbons (Fsp3) is 0.750. The quantitative estimate of drug-likeness (QED) is 0.507. The van der Waals surface area contributed by atoms with E-state index in [2.05, 4.69) is 34.2 Å². The Balaban J connectivity index is 2.99. The Morgan fingerprint density at radius 2 is 2.00 bits per heavy atom. The van der Waals surface area contributed by atoms with Crippen molar-refractivity contribution in [1.29, 1.82) is 0 Å². The number of methoxy groups -OCH3 is 1. The largest absolute Gasteiger partial charge is 0.463 e. The van der Waals surface area contributed by atoms with Gasteiger partial charge in [-0.2, -0.15) is 15.0 Å². The molecule has 114 valence electrons. The highest BCUT2D eigenvalue weighted by Gasteiger charge is 2.16. The Labute approximate surface area is 119 Å². The van der Waals surface area contributed by atoms with Crippen molar-refractivity contribution in [2.45, 2.75) is 33.2 Å². The van der Waals surface area contributed by atoms with Crippen LogP contribution < -0.4 is 20.9 Å². The van der Waals surface area contributed by atoms with Crippen molar-refractivity contribution in [3.05, 3.63) is 0 Å². The Hall–Kier alpha value is -1.67. The molecule has 0 aliphatic heterocycles. The minimum absolute atomic E-state index is 0.220. The minimum Gasteiger partial charge on any atom is -0.463 e. The number of hydrogen-bond acceptors (Lipinski definition) is 8. The number of rotatable bonds is 9. The zero-order valence-corrected chi connectivity index (χ0v) is 12.6. The van der Waals surface area contributed by atoms with Gasteiger partial charge in [0.05, 0.1) is 13.2 Å². The first-order valence-corrected chi connectivity index (χ1v) is 6.73. The maximum Gasteiger partial charge on any atom is 0.323 e. The molecule has 8 nitrogen and oxygen atoms in total. The van der Waals surface area contributed by atoms with Crippen LogP contribution in [0.3, 0.4) is 0 Å². The summed E-state index contributed by atoms with van der Waals surface area (Å²) in [6.07, 6.45) is 0.879. The van der Waals surface area contributed by atoms with Crippen LogP contribution in [0.1, 0.15) is 27.2 Å². The zero-order valence-electron chi connectivity index (χ0n) is 12.6. The van der Waals surface area contributed by atoms with E-state index in [4.69, 9.17) is 15.3 Å². The number of nitrogens with zero attached hydrogens (tertiary/aromatic N) is 4. The molecule has 1 aromatic rings. The van der Waals surface area contributed by atoms with E-state index in [1.54, 1.807) is 7.11 Å². The summed E-state index contributed by atoms with van der Waals surface area (Å²) < 4.78 is 10.6. The van der Waals surface area contributed by atoms with Gasteiger partial charge in [0.15, 0.2) is 0 Å². The maximum atomic E-state index is 5.46. The lowest BCUT2D eigenvalue weighted by atomic mass is 10.3. The Morgan fingerprint density at radius 1 is 1.25 bits per heavy atom. The van der Waals surface area contributed by atoms with E-state index in [1.165, 1.54) is 0 Å². The molecular formula is C12H24N6O2. The van der Waals surface area contributed by atoms with Gasteiger partial charge in [-0.05, 0) is 20.3 Å².